The van der Waals surface area contributed by atoms with Gasteiger partial charge in [0.25, 0.3) is 0 Å². The summed E-state index contributed by atoms with van der Waals surface area (Å²) in [4.78, 5) is 4.18. The quantitative estimate of drug-likeness (QED) is 0.725. The van der Waals surface area contributed by atoms with Crippen molar-refractivity contribution in [1.82, 2.24) is 14.9 Å². The molecule has 1 aromatic carbocycles. The van der Waals surface area contributed by atoms with E-state index in [0.717, 1.165) is 18.3 Å². The van der Waals surface area contributed by atoms with Crippen molar-refractivity contribution in [2.24, 2.45) is 0 Å². The van der Waals surface area contributed by atoms with E-state index in [1.165, 1.54) is 18.2 Å². The first-order valence-corrected chi connectivity index (χ1v) is 7.28. The average Bonchev–Trinajstić information content (AvgIpc) is 2.81. The summed E-state index contributed by atoms with van der Waals surface area (Å²) < 4.78 is 29.1. The van der Waals surface area contributed by atoms with Crippen LogP contribution in [-0.4, -0.2) is 33.9 Å². The van der Waals surface area contributed by atoms with Gasteiger partial charge in [-0.1, -0.05) is 0 Å². The van der Waals surface area contributed by atoms with Gasteiger partial charge in [-0.25, -0.2) is 13.8 Å². The number of hydrogen-bond acceptors (Lipinski definition) is 3. The second-order valence-corrected chi connectivity index (χ2v) is 5.68. The van der Waals surface area contributed by atoms with Crippen LogP contribution in [0.4, 0.5) is 8.78 Å². The molecule has 114 valence electrons. The molecular formula is C16H15F2N3O. The molecule has 1 aliphatic rings. The van der Waals surface area contributed by atoms with E-state index in [1.54, 1.807) is 6.07 Å². The van der Waals surface area contributed by atoms with Crippen LogP contribution in [0.3, 0.4) is 0 Å². The lowest BCUT2D eigenvalue weighted by atomic mass is 10.0. The highest BCUT2D eigenvalue weighted by Crippen LogP contribution is 2.33. The lowest BCUT2D eigenvalue weighted by Crippen LogP contribution is -2.41. The number of benzene rings is 1. The van der Waals surface area contributed by atoms with Crippen LogP contribution in [0.2, 0.25) is 0 Å². The van der Waals surface area contributed by atoms with E-state index in [0.29, 0.717) is 29.4 Å². The van der Waals surface area contributed by atoms with Gasteiger partial charge in [0.1, 0.15) is 17.3 Å². The molecule has 0 saturated carbocycles. The molecule has 0 unspecified atom stereocenters. The van der Waals surface area contributed by atoms with Crippen LogP contribution in [0, 0.1) is 11.6 Å². The molecule has 2 atom stereocenters. The summed E-state index contributed by atoms with van der Waals surface area (Å²) in [6, 6.07) is 5.57. The summed E-state index contributed by atoms with van der Waals surface area (Å²) >= 11 is 0. The summed E-state index contributed by atoms with van der Waals surface area (Å²) in [5.41, 5.74) is 1.32. The Morgan fingerprint density at radius 1 is 1.18 bits per heavy atom. The zero-order valence-electron chi connectivity index (χ0n) is 11.8. The second-order valence-electron chi connectivity index (χ2n) is 5.68. The summed E-state index contributed by atoms with van der Waals surface area (Å²) in [6.45, 7) is 1.35. The zero-order valence-corrected chi connectivity index (χ0v) is 11.8. The molecule has 2 aromatic heterocycles. The highest BCUT2D eigenvalue weighted by molar-refractivity contribution is 6.06. The number of aliphatic hydroxyl groups excluding tert-OH is 1. The fraction of sp³-hybridized carbons (Fsp3) is 0.312. The van der Waals surface area contributed by atoms with Crippen LogP contribution in [0.1, 0.15) is 12.5 Å². The van der Waals surface area contributed by atoms with E-state index in [4.69, 9.17) is 0 Å². The molecule has 4 rings (SSSR count). The Labute approximate surface area is 125 Å². The molecule has 2 N–H and O–H groups in total. The highest BCUT2D eigenvalue weighted by Gasteiger charge is 2.28. The number of aliphatic hydroxyl groups is 1. The van der Waals surface area contributed by atoms with E-state index in [9.17, 15) is 13.9 Å². The van der Waals surface area contributed by atoms with E-state index in [2.05, 4.69) is 10.3 Å². The van der Waals surface area contributed by atoms with Gasteiger partial charge in [-0.05, 0) is 37.2 Å². The third-order valence-corrected chi connectivity index (χ3v) is 4.32. The molecule has 3 aromatic rings. The monoisotopic (exact) mass is 303 g/mol. The summed E-state index contributed by atoms with van der Waals surface area (Å²) in [5.74, 6) is -0.837. The standard InChI is InChI=1S/C16H15F2N3O/c17-9-1-2-13-11(5-9)12-6-10(18)7-20-16(12)21(13)14-8-19-4-3-15(14)22/h1-2,5-7,14-15,19,22H,3-4,8H2/t14-,15-/m0/s1. The maximum Gasteiger partial charge on any atom is 0.142 e. The van der Waals surface area contributed by atoms with Crippen molar-refractivity contribution in [2.75, 3.05) is 13.1 Å². The molecule has 1 fully saturated rings. The molecule has 0 bridgehead atoms. The van der Waals surface area contributed by atoms with Crippen molar-refractivity contribution < 1.29 is 13.9 Å². The Balaban J connectivity index is 2.06. The Hall–Kier alpha value is -2.05. The summed E-state index contributed by atoms with van der Waals surface area (Å²) in [6.07, 6.45) is 1.27. The lowest BCUT2D eigenvalue weighted by Gasteiger charge is -2.30. The van der Waals surface area contributed by atoms with Crippen LogP contribution in [0.5, 0.6) is 0 Å². The maximum atomic E-state index is 13.6. The molecule has 22 heavy (non-hydrogen) atoms. The fourth-order valence-electron chi connectivity index (χ4n) is 3.30. The van der Waals surface area contributed by atoms with E-state index in [1.807, 2.05) is 4.57 Å². The normalized spacial score (nSPS) is 22.5. The molecule has 0 spiro atoms. The number of hydrogen-bond donors (Lipinski definition) is 2. The predicted molar refractivity (Wildman–Crippen MR) is 79.7 cm³/mol. The molecule has 6 heteroatoms. The number of fused-ring (bicyclic) bond motifs is 3. The Morgan fingerprint density at radius 3 is 2.82 bits per heavy atom. The van der Waals surface area contributed by atoms with Gasteiger partial charge in [0.05, 0.1) is 23.9 Å². The number of pyridine rings is 1. The average molecular weight is 303 g/mol. The molecule has 4 nitrogen and oxygen atoms in total. The number of piperidine rings is 1. The van der Waals surface area contributed by atoms with Crippen molar-refractivity contribution in [3.63, 3.8) is 0 Å². The Bertz CT molecular complexity index is 802. The second kappa shape index (κ2) is 5.00. The van der Waals surface area contributed by atoms with E-state index < -0.39 is 11.9 Å². The van der Waals surface area contributed by atoms with Gasteiger partial charge in [0.2, 0.25) is 0 Å². The van der Waals surface area contributed by atoms with Crippen LogP contribution in [0.15, 0.2) is 30.5 Å². The van der Waals surface area contributed by atoms with Crippen molar-refractivity contribution in [3.05, 3.63) is 42.1 Å². The molecule has 3 heterocycles. The van der Waals surface area contributed by atoms with Crippen molar-refractivity contribution in [1.29, 1.82) is 0 Å². The van der Waals surface area contributed by atoms with Crippen LogP contribution in [0.25, 0.3) is 21.9 Å². The fourth-order valence-corrected chi connectivity index (χ4v) is 3.30. The zero-order chi connectivity index (χ0) is 15.3. The van der Waals surface area contributed by atoms with E-state index >= 15 is 0 Å². The number of aromatic nitrogens is 2. The first kappa shape index (κ1) is 13.6. The summed E-state index contributed by atoms with van der Waals surface area (Å²) in [5, 5.41) is 14.8. The Kier molecular flexibility index (Phi) is 3.09. The predicted octanol–water partition coefficient (Wildman–Crippen LogP) is 2.36. The number of nitrogens with zero attached hydrogens (tertiary/aromatic N) is 2. The van der Waals surface area contributed by atoms with E-state index in [-0.39, 0.29) is 11.9 Å². The molecule has 1 saturated heterocycles. The van der Waals surface area contributed by atoms with Crippen molar-refractivity contribution in [2.45, 2.75) is 18.6 Å². The summed E-state index contributed by atoms with van der Waals surface area (Å²) in [7, 11) is 0. The van der Waals surface area contributed by atoms with Crippen LogP contribution >= 0.6 is 0 Å². The molecule has 1 aliphatic heterocycles. The van der Waals surface area contributed by atoms with Gasteiger partial charge in [-0.15, -0.1) is 0 Å². The molecule has 0 radical (unpaired) electrons. The SMILES string of the molecule is O[C@H]1CCNC[C@@H]1n1c2ccc(F)cc2c2cc(F)cnc21. The van der Waals surface area contributed by atoms with Crippen molar-refractivity contribution >= 4 is 21.9 Å². The highest BCUT2D eigenvalue weighted by atomic mass is 19.1. The van der Waals surface area contributed by atoms with Gasteiger partial charge in [-0.3, -0.25) is 0 Å². The maximum absolute atomic E-state index is 13.6. The first-order valence-electron chi connectivity index (χ1n) is 7.28. The topological polar surface area (TPSA) is 50.1 Å². The minimum Gasteiger partial charge on any atom is -0.391 e. The third kappa shape index (κ3) is 1.99. The number of nitrogens with one attached hydrogen (secondary N) is 1. The van der Waals surface area contributed by atoms with Crippen LogP contribution < -0.4 is 5.32 Å². The largest absolute Gasteiger partial charge is 0.391 e. The number of rotatable bonds is 1. The smallest absolute Gasteiger partial charge is 0.142 e. The van der Waals surface area contributed by atoms with Crippen LogP contribution in [-0.2, 0) is 0 Å². The lowest BCUT2D eigenvalue weighted by molar-refractivity contribution is 0.0879. The number of halogens is 2. The van der Waals surface area contributed by atoms with Gasteiger partial charge < -0.3 is 15.0 Å². The van der Waals surface area contributed by atoms with Gasteiger partial charge in [0.15, 0.2) is 0 Å². The molecule has 0 amide bonds. The minimum atomic E-state index is -0.517. The third-order valence-electron chi connectivity index (χ3n) is 4.32. The minimum absolute atomic E-state index is 0.211. The first-order chi connectivity index (χ1) is 10.6. The molecular weight excluding hydrogens is 288 g/mol. The van der Waals surface area contributed by atoms with Gasteiger partial charge in [0, 0.05) is 17.3 Å². The van der Waals surface area contributed by atoms with Crippen molar-refractivity contribution in [3.8, 4) is 0 Å². The Morgan fingerprint density at radius 2 is 2.00 bits per heavy atom. The molecule has 0 aliphatic carbocycles. The van der Waals surface area contributed by atoms with Gasteiger partial charge >= 0.3 is 0 Å². The van der Waals surface area contributed by atoms with Gasteiger partial charge in [-0.2, -0.15) is 0 Å².